The van der Waals surface area contributed by atoms with Crippen LogP contribution in [-0.4, -0.2) is 21.9 Å². The summed E-state index contributed by atoms with van der Waals surface area (Å²) in [5, 5.41) is 5.76. The number of benzene rings is 2. The lowest BCUT2D eigenvalue weighted by molar-refractivity contribution is -0.118. The zero-order valence-electron chi connectivity index (χ0n) is 14.8. The highest BCUT2D eigenvalue weighted by atomic mass is 35.5. The molecule has 0 radical (unpaired) electrons. The molecule has 1 N–H and O–H groups in total. The van der Waals surface area contributed by atoms with Crippen molar-refractivity contribution >= 4 is 51.1 Å². The predicted molar refractivity (Wildman–Crippen MR) is 114 cm³/mol. The van der Waals surface area contributed by atoms with E-state index >= 15 is 0 Å². The van der Waals surface area contributed by atoms with Crippen LogP contribution in [0.4, 0.5) is 5.69 Å². The fraction of sp³-hybridized carbons (Fsp3) is 0.100. The van der Waals surface area contributed by atoms with E-state index in [2.05, 4.69) is 20.1 Å². The highest BCUT2D eigenvalue weighted by Gasteiger charge is 2.10. The van der Waals surface area contributed by atoms with Crippen molar-refractivity contribution in [2.45, 2.75) is 6.92 Å². The summed E-state index contributed by atoms with van der Waals surface area (Å²) in [5.41, 5.74) is 3.59. The maximum atomic E-state index is 12.2. The number of rotatable bonds is 5. The number of nitrogens with one attached hydrogen (secondary N) is 1. The molecule has 0 saturated heterocycles. The van der Waals surface area contributed by atoms with Crippen molar-refractivity contribution < 1.29 is 9.53 Å². The van der Waals surface area contributed by atoms with Crippen LogP contribution in [0.2, 0.25) is 10.0 Å². The molecule has 0 fully saturated rings. The lowest BCUT2D eigenvalue weighted by atomic mass is 10.1. The van der Waals surface area contributed by atoms with E-state index in [1.54, 1.807) is 29.5 Å². The van der Waals surface area contributed by atoms with Gasteiger partial charge in [0.2, 0.25) is 0 Å². The number of thiazole rings is 1. The summed E-state index contributed by atoms with van der Waals surface area (Å²) in [6.07, 6.45) is 1.99. The van der Waals surface area contributed by atoms with Crippen molar-refractivity contribution in [1.82, 2.24) is 9.38 Å². The van der Waals surface area contributed by atoms with Crippen molar-refractivity contribution in [3.63, 3.8) is 0 Å². The predicted octanol–water partition coefficient (Wildman–Crippen LogP) is 5.70. The third-order valence-corrected chi connectivity index (χ3v) is 5.57. The number of fused-ring (bicyclic) bond motifs is 1. The minimum atomic E-state index is -0.287. The Kier molecular flexibility index (Phi) is 5.26. The Morgan fingerprint density at radius 1 is 1.25 bits per heavy atom. The van der Waals surface area contributed by atoms with Crippen LogP contribution in [0.3, 0.4) is 0 Å². The van der Waals surface area contributed by atoms with Crippen LogP contribution in [0.15, 0.2) is 54.0 Å². The summed E-state index contributed by atoms with van der Waals surface area (Å²) < 4.78 is 7.52. The maximum absolute atomic E-state index is 12.2. The van der Waals surface area contributed by atoms with Gasteiger partial charge in [-0.3, -0.25) is 9.20 Å². The van der Waals surface area contributed by atoms with Gasteiger partial charge in [-0.05, 0) is 37.3 Å². The Hall–Kier alpha value is -2.54. The molecule has 1 amide bonds. The number of amides is 1. The van der Waals surface area contributed by atoms with E-state index in [0.717, 1.165) is 21.9 Å². The minimum Gasteiger partial charge on any atom is -0.482 e. The van der Waals surface area contributed by atoms with Crippen LogP contribution in [0, 0.1) is 6.92 Å². The second kappa shape index (κ2) is 7.83. The van der Waals surface area contributed by atoms with E-state index in [1.165, 1.54) is 0 Å². The first kappa shape index (κ1) is 18.8. The number of hydrogen-bond acceptors (Lipinski definition) is 4. The number of halogens is 2. The van der Waals surface area contributed by atoms with Crippen LogP contribution in [0.5, 0.6) is 5.75 Å². The largest absolute Gasteiger partial charge is 0.482 e. The second-order valence-electron chi connectivity index (χ2n) is 6.15. The van der Waals surface area contributed by atoms with Gasteiger partial charge in [0.25, 0.3) is 5.91 Å². The van der Waals surface area contributed by atoms with Gasteiger partial charge in [-0.15, -0.1) is 11.3 Å². The number of ether oxygens (including phenoxy) is 1. The summed E-state index contributed by atoms with van der Waals surface area (Å²) in [5.74, 6) is 0.119. The van der Waals surface area contributed by atoms with Crippen molar-refractivity contribution in [3.05, 3.63) is 69.8 Å². The summed E-state index contributed by atoms with van der Waals surface area (Å²) in [4.78, 5) is 17.8. The van der Waals surface area contributed by atoms with Gasteiger partial charge in [0, 0.05) is 33.5 Å². The van der Waals surface area contributed by atoms with Crippen molar-refractivity contribution in [3.8, 4) is 17.0 Å². The van der Waals surface area contributed by atoms with Crippen LogP contribution < -0.4 is 10.1 Å². The molecule has 142 valence electrons. The number of imidazole rings is 1. The third kappa shape index (κ3) is 3.99. The molecule has 5 nitrogen and oxygen atoms in total. The fourth-order valence-corrected chi connectivity index (χ4v) is 4.04. The number of aryl methyl sites for hydroxylation is 1. The smallest absolute Gasteiger partial charge is 0.262 e. The van der Waals surface area contributed by atoms with Crippen LogP contribution >= 0.6 is 34.5 Å². The van der Waals surface area contributed by atoms with E-state index in [1.807, 2.05) is 37.4 Å². The van der Waals surface area contributed by atoms with Gasteiger partial charge in [0.05, 0.1) is 10.7 Å². The number of anilines is 1. The number of carbonyl (C=O) groups is 1. The highest BCUT2D eigenvalue weighted by molar-refractivity contribution is 7.15. The Balaban J connectivity index is 1.44. The van der Waals surface area contributed by atoms with Gasteiger partial charge >= 0.3 is 0 Å². The average Bonchev–Trinajstić information content (AvgIpc) is 3.23. The number of carbonyl (C=O) groups excluding carboxylic acids is 1. The molecule has 8 heteroatoms. The summed E-state index contributed by atoms with van der Waals surface area (Å²) in [6, 6.07) is 12.4. The van der Waals surface area contributed by atoms with Crippen molar-refractivity contribution in [2.75, 3.05) is 11.9 Å². The third-order valence-electron chi connectivity index (χ3n) is 4.08. The standard InChI is InChI=1S/C20H15Cl2N3O2S/c1-12-11-28-20-24-17(9-25(12)20)13-3-2-4-15(7-13)23-19(26)10-27-18-6-5-14(21)8-16(18)22/h2-9,11H,10H2,1H3,(H,23,26). The van der Waals surface area contributed by atoms with Gasteiger partial charge in [-0.1, -0.05) is 35.3 Å². The molecule has 0 aliphatic heterocycles. The Bertz CT molecular complexity index is 1170. The van der Waals surface area contributed by atoms with Crippen molar-refractivity contribution in [1.29, 1.82) is 0 Å². The van der Waals surface area contributed by atoms with Gasteiger partial charge < -0.3 is 10.1 Å². The molecule has 0 saturated carbocycles. The van der Waals surface area contributed by atoms with E-state index in [-0.39, 0.29) is 12.5 Å². The fourth-order valence-electron chi connectivity index (χ4n) is 2.72. The van der Waals surface area contributed by atoms with Crippen LogP contribution in [-0.2, 0) is 4.79 Å². The second-order valence-corrected chi connectivity index (χ2v) is 7.83. The van der Waals surface area contributed by atoms with E-state index < -0.39 is 0 Å². The van der Waals surface area contributed by atoms with E-state index in [0.29, 0.717) is 21.5 Å². The molecule has 0 aliphatic carbocycles. The summed E-state index contributed by atoms with van der Waals surface area (Å²) in [7, 11) is 0. The molecule has 28 heavy (non-hydrogen) atoms. The SMILES string of the molecule is Cc1csc2nc(-c3cccc(NC(=O)COc4ccc(Cl)cc4Cl)c3)cn12. The zero-order valence-corrected chi connectivity index (χ0v) is 17.1. The topological polar surface area (TPSA) is 55.6 Å². The molecule has 2 aromatic carbocycles. The number of hydrogen-bond donors (Lipinski definition) is 1. The average molecular weight is 432 g/mol. The zero-order chi connectivity index (χ0) is 19.7. The van der Waals surface area contributed by atoms with Crippen molar-refractivity contribution in [2.24, 2.45) is 0 Å². The Morgan fingerprint density at radius 3 is 2.89 bits per heavy atom. The molecule has 2 heterocycles. The normalized spacial score (nSPS) is 11.0. The molecule has 0 bridgehead atoms. The number of nitrogens with zero attached hydrogens (tertiary/aromatic N) is 2. The molecular weight excluding hydrogens is 417 g/mol. The number of aromatic nitrogens is 2. The molecule has 0 aliphatic rings. The monoisotopic (exact) mass is 431 g/mol. The Morgan fingerprint density at radius 2 is 2.11 bits per heavy atom. The van der Waals surface area contributed by atoms with E-state index in [4.69, 9.17) is 27.9 Å². The quantitative estimate of drug-likeness (QED) is 0.441. The molecular formula is C20H15Cl2N3O2S. The molecule has 4 rings (SSSR count). The van der Waals surface area contributed by atoms with Gasteiger partial charge in [0.1, 0.15) is 5.75 Å². The van der Waals surface area contributed by atoms with Gasteiger partial charge in [0.15, 0.2) is 11.6 Å². The molecule has 4 aromatic rings. The molecule has 0 unspecified atom stereocenters. The lowest BCUT2D eigenvalue weighted by Crippen LogP contribution is -2.20. The first-order chi connectivity index (χ1) is 13.5. The van der Waals surface area contributed by atoms with Gasteiger partial charge in [-0.25, -0.2) is 4.98 Å². The van der Waals surface area contributed by atoms with E-state index in [9.17, 15) is 4.79 Å². The summed E-state index contributed by atoms with van der Waals surface area (Å²) >= 11 is 13.5. The van der Waals surface area contributed by atoms with Gasteiger partial charge in [-0.2, -0.15) is 0 Å². The first-order valence-corrected chi connectivity index (χ1v) is 10.0. The highest BCUT2D eigenvalue weighted by Crippen LogP contribution is 2.28. The minimum absolute atomic E-state index is 0.162. The molecule has 0 spiro atoms. The molecule has 0 atom stereocenters. The maximum Gasteiger partial charge on any atom is 0.262 e. The van der Waals surface area contributed by atoms with Crippen LogP contribution in [0.1, 0.15) is 5.69 Å². The lowest BCUT2D eigenvalue weighted by Gasteiger charge is -2.09. The summed E-state index contributed by atoms with van der Waals surface area (Å²) in [6.45, 7) is 1.88. The Labute approximate surface area is 175 Å². The first-order valence-electron chi connectivity index (χ1n) is 8.41. The van der Waals surface area contributed by atoms with Crippen LogP contribution in [0.25, 0.3) is 16.2 Å². The molecule has 2 aromatic heterocycles.